The minimum Gasteiger partial charge on any atom is -0.549 e. The van der Waals surface area contributed by atoms with Crippen LogP contribution in [-0.4, -0.2) is 0 Å². The molecule has 0 atom stereocenters. The van der Waals surface area contributed by atoms with E-state index in [9.17, 15) is 0 Å². The molecule has 1 heterocycles. The van der Waals surface area contributed by atoms with Crippen LogP contribution in [0, 0.1) is 12.5 Å². The average Bonchev–Trinajstić information content (AvgIpc) is 2.35. The van der Waals surface area contributed by atoms with E-state index in [2.05, 4.69) is 38.5 Å². The molecule has 0 saturated carbocycles. The van der Waals surface area contributed by atoms with Crippen LogP contribution in [0.3, 0.4) is 0 Å². The van der Waals surface area contributed by atoms with E-state index in [1.165, 1.54) is 5.56 Å². The quantitative estimate of drug-likeness (QED) is 0.464. The maximum atomic E-state index is 5.85. The topological polar surface area (TPSA) is 9.23 Å². The van der Waals surface area contributed by atoms with Gasteiger partial charge >= 0.3 is 0 Å². The predicted octanol–water partition coefficient (Wildman–Crippen LogP) is 4.31. The van der Waals surface area contributed by atoms with Crippen molar-refractivity contribution in [3.05, 3.63) is 65.6 Å². The van der Waals surface area contributed by atoms with Gasteiger partial charge in [-0.25, -0.2) is 23.6 Å². The first-order chi connectivity index (χ1) is 8.24. The molecular formula is C16H14OY3-2. The number of hydrogen-bond donors (Lipinski definition) is 0. The number of hydrogen-bond acceptors (Lipinski definition) is 1. The van der Waals surface area contributed by atoms with E-state index >= 15 is 0 Å². The zero-order valence-corrected chi connectivity index (χ0v) is 20.3. The molecule has 1 aliphatic heterocycles. The molecular weight excluding hydrogens is 475 g/mol. The third-order valence-electron chi connectivity index (χ3n) is 3.02. The van der Waals surface area contributed by atoms with Gasteiger partial charge in [0.25, 0.3) is 0 Å². The van der Waals surface area contributed by atoms with Crippen LogP contribution in [0.5, 0.6) is 11.5 Å². The van der Waals surface area contributed by atoms with E-state index in [0.717, 1.165) is 22.6 Å². The van der Waals surface area contributed by atoms with Gasteiger partial charge in [-0.2, -0.15) is 6.07 Å². The second kappa shape index (κ2) is 9.54. The van der Waals surface area contributed by atoms with Crippen molar-refractivity contribution >= 4 is 0 Å². The van der Waals surface area contributed by atoms with Crippen molar-refractivity contribution in [1.29, 1.82) is 0 Å². The summed E-state index contributed by atoms with van der Waals surface area (Å²) in [4.78, 5) is 0. The van der Waals surface area contributed by atoms with Crippen molar-refractivity contribution in [2.75, 3.05) is 0 Å². The van der Waals surface area contributed by atoms with Crippen LogP contribution in [0.15, 0.2) is 36.4 Å². The van der Waals surface area contributed by atoms with E-state index in [-0.39, 0.29) is 98.1 Å². The first kappa shape index (κ1) is 21.4. The normalized spacial score (nSPS) is 10.6. The summed E-state index contributed by atoms with van der Waals surface area (Å²) in [6.45, 7) is 4.35. The number of fused-ring (bicyclic) bond motifs is 2. The summed E-state index contributed by atoms with van der Waals surface area (Å²) in [6.07, 6.45) is 2.14. The summed E-state index contributed by atoms with van der Waals surface area (Å²) in [7, 11) is 0. The Hall–Kier alpha value is 1.42. The van der Waals surface area contributed by atoms with E-state index in [4.69, 9.17) is 4.74 Å². The summed E-state index contributed by atoms with van der Waals surface area (Å²) in [6, 6.07) is 15.6. The van der Waals surface area contributed by atoms with Gasteiger partial charge in [-0.15, -0.1) is 0 Å². The maximum absolute atomic E-state index is 5.85. The maximum Gasteiger partial charge on any atom is 0.0931 e. The molecule has 0 spiro atoms. The van der Waals surface area contributed by atoms with Gasteiger partial charge in [0.15, 0.2) is 0 Å². The van der Waals surface area contributed by atoms with Gasteiger partial charge in [0.05, 0.1) is 5.75 Å². The summed E-state index contributed by atoms with van der Waals surface area (Å²) in [5, 5.41) is 0. The Balaban J connectivity index is 0.00000120. The molecule has 3 radical (unpaired) electrons. The predicted molar refractivity (Wildman–Crippen MR) is 68.4 cm³/mol. The first-order valence-corrected chi connectivity index (χ1v) is 5.92. The summed E-state index contributed by atoms with van der Waals surface area (Å²) >= 11 is 0. The van der Waals surface area contributed by atoms with Gasteiger partial charge in [0.2, 0.25) is 0 Å². The molecule has 3 rings (SSSR count). The van der Waals surface area contributed by atoms with Crippen molar-refractivity contribution in [2.24, 2.45) is 0 Å². The zero-order valence-electron chi connectivity index (χ0n) is 11.8. The van der Waals surface area contributed by atoms with Crippen molar-refractivity contribution in [3.8, 4) is 11.5 Å². The van der Waals surface area contributed by atoms with Crippen LogP contribution in [0.1, 0.15) is 36.5 Å². The van der Waals surface area contributed by atoms with Crippen molar-refractivity contribution in [1.82, 2.24) is 0 Å². The average molecular weight is 489 g/mol. The molecule has 0 saturated heterocycles. The number of ether oxygens (including phenoxy) is 1. The molecule has 0 N–H and O–H groups in total. The molecule has 1 aliphatic rings. The van der Waals surface area contributed by atoms with Crippen LogP contribution in [0.4, 0.5) is 0 Å². The minimum absolute atomic E-state index is 0. The number of benzene rings is 2. The van der Waals surface area contributed by atoms with Crippen LogP contribution < -0.4 is 4.74 Å². The monoisotopic (exact) mass is 489 g/mol. The standard InChI is InChI=1S/C16H14O.3Y/c1-11(2)12-7-8-16-14(9-12)10-13-5-3-4-6-15(13)17-16;;;/h3-8,10-11H,1-2H3;;;/q-2;;;. The van der Waals surface area contributed by atoms with Gasteiger partial charge in [-0.1, -0.05) is 49.3 Å². The van der Waals surface area contributed by atoms with Gasteiger partial charge in [0.1, 0.15) is 0 Å². The Labute approximate surface area is 196 Å². The Kier molecular flexibility index (Phi) is 10.2. The Morgan fingerprint density at radius 1 is 0.950 bits per heavy atom. The molecule has 95 valence electrons. The Morgan fingerprint density at radius 3 is 2.35 bits per heavy atom. The zero-order chi connectivity index (χ0) is 11.8. The minimum atomic E-state index is 0. The summed E-state index contributed by atoms with van der Waals surface area (Å²) < 4.78 is 5.85. The van der Waals surface area contributed by atoms with Crippen molar-refractivity contribution in [2.45, 2.75) is 19.8 Å². The molecule has 0 aliphatic carbocycles. The molecule has 0 fully saturated rings. The number of para-hydroxylation sites is 1. The van der Waals surface area contributed by atoms with Crippen molar-refractivity contribution in [3.63, 3.8) is 0 Å². The second-order valence-corrected chi connectivity index (χ2v) is 4.63. The van der Waals surface area contributed by atoms with Gasteiger partial charge in [-0.05, 0) is 6.07 Å². The van der Waals surface area contributed by atoms with E-state index in [0.29, 0.717) is 5.92 Å². The second-order valence-electron chi connectivity index (χ2n) is 4.63. The van der Waals surface area contributed by atoms with Crippen molar-refractivity contribution < 1.29 is 103 Å². The molecule has 0 unspecified atom stereocenters. The molecule has 0 aromatic heterocycles. The summed E-state index contributed by atoms with van der Waals surface area (Å²) in [5.41, 5.74) is 3.40. The van der Waals surface area contributed by atoms with Crippen LogP contribution >= 0.6 is 0 Å². The SMILES string of the molecule is CC(C)c1[c-]c2c(cc1)Oc1ccccc1[CH-]2.[Y].[Y].[Y]. The van der Waals surface area contributed by atoms with Gasteiger partial charge in [-0.3, -0.25) is 6.07 Å². The molecule has 0 bridgehead atoms. The number of rotatable bonds is 1. The Bertz CT molecular complexity index is 567. The molecule has 1 nitrogen and oxygen atoms in total. The molecule has 2 aromatic rings. The van der Waals surface area contributed by atoms with Gasteiger partial charge in [0, 0.05) is 98.1 Å². The van der Waals surface area contributed by atoms with E-state index in [1.807, 2.05) is 24.3 Å². The fourth-order valence-electron chi connectivity index (χ4n) is 2.01. The molecule has 0 amide bonds. The first-order valence-electron chi connectivity index (χ1n) is 5.92. The Morgan fingerprint density at radius 2 is 1.65 bits per heavy atom. The molecule has 4 heteroatoms. The fraction of sp³-hybridized carbons (Fsp3) is 0.188. The largest absolute Gasteiger partial charge is 0.549 e. The third-order valence-corrected chi connectivity index (χ3v) is 3.02. The molecule has 20 heavy (non-hydrogen) atoms. The van der Waals surface area contributed by atoms with E-state index in [1.54, 1.807) is 0 Å². The van der Waals surface area contributed by atoms with Crippen LogP contribution in [0.25, 0.3) is 0 Å². The van der Waals surface area contributed by atoms with Gasteiger partial charge < -0.3 is 4.74 Å². The third kappa shape index (κ3) is 4.71. The fourth-order valence-corrected chi connectivity index (χ4v) is 2.01. The van der Waals surface area contributed by atoms with E-state index < -0.39 is 0 Å². The smallest absolute Gasteiger partial charge is 0.0931 e. The molecule has 2 aromatic carbocycles. The van der Waals surface area contributed by atoms with Crippen LogP contribution in [0.2, 0.25) is 0 Å². The summed E-state index contributed by atoms with van der Waals surface area (Å²) in [5.74, 6) is 2.31. The van der Waals surface area contributed by atoms with Crippen LogP contribution in [-0.2, 0) is 98.1 Å².